The lowest BCUT2D eigenvalue weighted by Gasteiger charge is -2.34. The Morgan fingerprint density at radius 2 is 1.88 bits per heavy atom. The molecule has 2 amide bonds. The van der Waals surface area contributed by atoms with Gasteiger partial charge in [-0.05, 0) is 67.5 Å². The van der Waals surface area contributed by atoms with Crippen molar-refractivity contribution < 1.29 is 14.0 Å². The fourth-order valence-electron chi connectivity index (χ4n) is 6.12. The van der Waals surface area contributed by atoms with Gasteiger partial charge in [-0.25, -0.2) is 9.07 Å². The number of amides is 2. The minimum Gasteiger partial charge on any atom is -0.343 e. The van der Waals surface area contributed by atoms with E-state index in [0.29, 0.717) is 16.2 Å². The SMILES string of the molecule is O=C1CN(C(=O)c2cn(C3CC3)c3cc(Cl)c(F)cc3c2=O)CCN1Cc1cn([C@H]2CCCc3ccc(Cl)cc32)nn1. The van der Waals surface area contributed by atoms with Crippen molar-refractivity contribution in [2.24, 2.45) is 0 Å². The van der Waals surface area contributed by atoms with Crippen LogP contribution in [0, 0.1) is 5.82 Å². The van der Waals surface area contributed by atoms with Crippen molar-refractivity contribution in [1.82, 2.24) is 29.4 Å². The molecule has 0 spiro atoms. The van der Waals surface area contributed by atoms with Gasteiger partial charge in [-0.2, -0.15) is 0 Å². The van der Waals surface area contributed by atoms with Gasteiger partial charge in [0.05, 0.1) is 29.3 Å². The highest BCUT2D eigenvalue weighted by molar-refractivity contribution is 6.31. The lowest BCUT2D eigenvalue weighted by atomic mass is 9.88. The van der Waals surface area contributed by atoms with Gasteiger partial charge >= 0.3 is 0 Å². The van der Waals surface area contributed by atoms with Crippen molar-refractivity contribution in [2.75, 3.05) is 19.6 Å². The number of pyridine rings is 1. The van der Waals surface area contributed by atoms with E-state index in [-0.39, 0.29) is 60.1 Å². The van der Waals surface area contributed by atoms with E-state index in [4.69, 9.17) is 23.2 Å². The Bertz CT molecular complexity index is 1820. The molecule has 2 aromatic heterocycles. The predicted molar refractivity (Wildman–Crippen MR) is 155 cm³/mol. The molecule has 3 heterocycles. The van der Waals surface area contributed by atoms with E-state index >= 15 is 0 Å². The van der Waals surface area contributed by atoms with E-state index in [9.17, 15) is 18.8 Å². The number of carbonyl (C=O) groups is 2. The number of fused-ring (bicyclic) bond motifs is 2. The molecule has 3 aliphatic rings. The molecule has 9 nitrogen and oxygen atoms in total. The molecule has 0 radical (unpaired) electrons. The zero-order valence-electron chi connectivity index (χ0n) is 22.6. The zero-order valence-corrected chi connectivity index (χ0v) is 24.1. The molecule has 1 atom stereocenters. The minimum atomic E-state index is -0.717. The third-order valence-corrected chi connectivity index (χ3v) is 9.00. The molecule has 0 unspecified atom stereocenters. The van der Waals surface area contributed by atoms with E-state index in [0.717, 1.165) is 43.7 Å². The van der Waals surface area contributed by atoms with Crippen molar-refractivity contribution in [3.05, 3.63) is 91.2 Å². The molecule has 1 saturated carbocycles. The first kappa shape index (κ1) is 27.1. The highest BCUT2D eigenvalue weighted by atomic mass is 35.5. The molecule has 0 bridgehead atoms. The number of halogens is 3. The highest BCUT2D eigenvalue weighted by Gasteiger charge is 2.32. The van der Waals surface area contributed by atoms with Gasteiger partial charge in [0.25, 0.3) is 5.91 Å². The molecule has 0 N–H and O–H groups in total. The quantitative estimate of drug-likeness (QED) is 0.325. The Kier molecular flexibility index (Phi) is 6.78. The summed E-state index contributed by atoms with van der Waals surface area (Å²) in [7, 11) is 0. The molecule has 1 saturated heterocycles. The van der Waals surface area contributed by atoms with Gasteiger partial charge in [-0.15, -0.1) is 5.10 Å². The number of rotatable bonds is 5. The van der Waals surface area contributed by atoms with E-state index in [1.165, 1.54) is 22.7 Å². The average Bonchev–Trinajstić information content (AvgIpc) is 3.72. The number of hydrogen-bond acceptors (Lipinski definition) is 5. The summed E-state index contributed by atoms with van der Waals surface area (Å²) in [6, 6.07) is 8.63. The van der Waals surface area contributed by atoms with Gasteiger partial charge in [0.1, 0.15) is 23.6 Å². The van der Waals surface area contributed by atoms with Crippen molar-refractivity contribution >= 4 is 45.9 Å². The highest BCUT2D eigenvalue weighted by Crippen LogP contribution is 2.38. The lowest BCUT2D eigenvalue weighted by molar-refractivity contribution is -0.135. The Labute approximate surface area is 250 Å². The van der Waals surface area contributed by atoms with Crippen molar-refractivity contribution in [1.29, 1.82) is 0 Å². The Morgan fingerprint density at radius 1 is 1.05 bits per heavy atom. The topological polar surface area (TPSA) is 93.3 Å². The van der Waals surface area contributed by atoms with Gasteiger partial charge in [-0.1, -0.05) is 34.5 Å². The summed E-state index contributed by atoms with van der Waals surface area (Å²) in [6.07, 6.45) is 8.14. The summed E-state index contributed by atoms with van der Waals surface area (Å²) < 4.78 is 18.0. The molecule has 2 fully saturated rings. The number of hydrogen-bond donors (Lipinski definition) is 0. The number of benzene rings is 2. The summed E-state index contributed by atoms with van der Waals surface area (Å²) in [4.78, 5) is 43.0. The Hall–Kier alpha value is -3.76. The monoisotopic (exact) mass is 608 g/mol. The van der Waals surface area contributed by atoms with Crippen LogP contribution < -0.4 is 5.43 Å². The molecule has 42 heavy (non-hydrogen) atoms. The van der Waals surface area contributed by atoms with Crippen LogP contribution in [0.15, 0.2) is 47.5 Å². The van der Waals surface area contributed by atoms with E-state index in [1.807, 2.05) is 27.6 Å². The van der Waals surface area contributed by atoms with Crippen molar-refractivity contribution in [2.45, 2.75) is 50.7 Å². The van der Waals surface area contributed by atoms with Crippen LogP contribution in [0.4, 0.5) is 4.39 Å². The number of carbonyl (C=O) groups excluding carboxylic acids is 2. The van der Waals surface area contributed by atoms with Gasteiger partial charge < -0.3 is 14.4 Å². The maximum Gasteiger partial charge on any atom is 0.259 e. The molecule has 12 heteroatoms. The van der Waals surface area contributed by atoms with Crippen LogP contribution in [0.2, 0.25) is 10.0 Å². The molecule has 7 rings (SSSR count). The smallest absolute Gasteiger partial charge is 0.259 e. The fourth-order valence-corrected chi connectivity index (χ4v) is 6.46. The summed E-state index contributed by atoms with van der Waals surface area (Å²) in [5.41, 5.74) is 2.91. The Balaban J connectivity index is 1.07. The largest absolute Gasteiger partial charge is 0.343 e. The first-order chi connectivity index (χ1) is 20.3. The predicted octanol–water partition coefficient (Wildman–Crippen LogP) is 4.78. The van der Waals surface area contributed by atoms with Gasteiger partial charge in [0.2, 0.25) is 11.3 Å². The van der Waals surface area contributed by atoms with Crippen molar-refractivity contribution in [3.8, 4) is 0 Å². The van der Waals surface area contributed by atoms with Crippen LogP contribution in [0.25, 0.3) is 10.9 Å². The first-order valence-corrected chi connectivity index (χ1v) is 14.8. The fraction of sp³-hybridized carbons (Fsp3) is 0.367. The molecular formula is C30H27Cl2FN6O3. The second-order valence-electron chi connectivity index (χ2n) is 11.3. The third-order valence-electron chi connectivity index (χ3n) is 8.47. The van der Waals surface area contributed by atoms with E-state index < -0.39 is 17.2 Å². The second kappa shape index (κ2) is 10.5. The van der Waals surface area contributed by atoms with E-state index in [1.54, 1.807) is 4.90 Å². The average molecular weight is 609 g/mol. The molecule has 2 aliphatic carbocycles. The van der Waals surface area contributed by atoms with Gasteiger partial charge in [-0.3, -0.25) is 14.4 Å². The maximum atomic E-state index is 14.3. The normalized spacial score (nSPS) is 18.9. The van der Waals surface area contributed by atoms with Crippen molar-refractivity contribution in [3.63, 3.8) is 0 Å². The zero-order chi connectivity index (χ0) is 29.1. The van der Waals surface area contributed by atoms with Crippen LogP contribution >= 0.6 is 23.2 Å². The number of piperazine rings is 1. The Morgan fingerprint density at radius 3 is 2.67 bits per heavy atom. The minimum absolute atomic E-state index is 0.0324. The molecule has 4 aromatic rings. The van der Waals surface area contributed by atoms with Crippen LogP contribution in [0.5, 0.6) is 0 Å². The van der Waals surface area contributed by atoms with Gasteiger partial charge in [0.15, 0.2) is 0 Å². The number of aromatic nitrogens is 4. The summed E-state index contributed by atoms with van der Waals surface area (Å²) in [5, 5.41) is 9.40. The summed E-state index contributed by atoms with van der Waals surface area (Å²) in [5.74, 6) is -1.51. The third kappa shape index (κ3) is 4.86. The summed E-state index contributed by atoms with van der Waals surface area (Å²) >= 11 is 12.3. The summed E-state index contributed by atoms with van der Waals surface area (Å²) in [6.45, 7) is 0.634. The molecule has 216 valence electrons. The molecular weight excluding hydrogens is 582 g/mol. The van der Waals surface area contributed by atoms with Crippen LogP contribution in [0.1, 0.15) is 64.9 Å². The molecule has 2 aromatic carbocycles. The number of aryl methyl sites for hydroxylation is 1. The first-order valence-electron chi connectivity index (χ1n) is 14.1. The second-order valence-corrected chi connectivity index (χ2v) is 12.1. The van der Waals surface area contributed by atoms with Crippen LogP contribution in [-0.4, -0.2) is 60.8 Å². The van der Waals surface area contributed by atoms with E-state index in [2.05, 4.69) is 16.4 Å². The lowest BCUT2D eigenvalue weighted by Crippen LogP contribution is -2.52. The number of nitrogens with zero attached hydrogens (tertiary/aromatic N) is 6. The van der Waals surface area contributed by atoms with Gasteiger partial charge in [0, 0.05) is 35.7 Å². The molecule has 1 aliphatic heterocycles. The maximum absolute atomic E-state index is 14.3. The van der Waals surface area contributed by atoms with Crippen LogP contribution in [0.3, 0.4) is 0 Å². The van der Waals surface area contributed by atoms with Crippen LogP contribution in [-0.2, 0) is 17.8 Å². The standard InChI is InChI=1S/C30H27Cl2FN6O3/c31-18-5-4-17-2-1-3-26(21(17)10-18)39-14-19(34-35-39)13-36-8-9-37(16-28(36)40)30(42)23-15-38(20-6-7-20)27-12-24(32)25(33)11-22(27)29(23)41/h4-5,10-12,14-15,20,26H,1-3,6-9,13,16H2/t26-/m0/s1.